The number of rotatable bonds is 1. The van der Waals surface area contributed by atoms with E-state index in [4.69, 9.17) is 11.6 Å². The van der Waals surface area contributed by atoms with Crippen LogP contribution in [0, 0.1) is 5.92 Å². The van der Waals surface area contributed by atoms with Crippen molar-refractivity contribution in [3.63, 3.8) is 0 Å². The minimum absolute atomic E-state index is 0.0116. The third-order valence-corrected chi connectivity index (χ3v) is 3.30. The molecule has 0 bridgehead atoms. The van der Waals surface area contributed by atoms with Gasteiger partial charge in [-0.3, -0.25) is 4.79 Å². The van der Waals surface area contributed by atoms with Gasteiger partial charge in [-0.25, -0.2) is 0 Å². The smallest absolute Gasteiger partial charge is 0.253 e. The molecule has 1 saturated carbocycles. The molecule has 14 heavy (non-hydrogen) atoms. The van der Waals surface area contributed by atoms with Gasteiger partial charge in [-0.1, -0.05) is 23.7 Å². The van der Waals surface area contributed by atoms with E-state index in [2.05, 4.69) is 5.32 Å². The Kier molecular flexibility index (Phi) is 1.62. The molecule has 3 heteroatoms. The molecule has 0 radical (unpaired) electrons. The highest BCUT2D eigenvalue weighted by atomic mass is 35.5. The number of hydrogen-bond donors (Lipinski definition) is 1. The highest BCUT2D eigenvalue weighted by Crippen LogP contribution is 2.45. The number of carbonyl (C=O) groups is 1. The lowest BCUT2D eigenvalue weighted by Crippen LogP contribution is -2.20. The standard InChI is InChI=1S/C11H10ClNO/c12-8-3-1-2-7-9(8)11(14)13-10(7)6-4-5-6/h1-3,6,10H,4-5H2,(H,13,14). The van der Waals surface area contributed by atoms with Gasteiger partial charge in [0.1, 0.15) is 0 Å². The zero-order valence-electron chi connectivity index (χ0n) is 7.59. The Bertz CT molecular complexity index is 412. The number of hydrogen-bond acceptors (Lipinski definition) is 1. The molecular formula is C11H10ClNO. The Hall–Kier alpha value is -1.02. The zero-order chi connectivity index (χ0) is 9.71. The molecule has 1 amide bonds. The molecule has 72 valence electrons. The van der Waals surface area contributed by atoms with Crippen molar-refractivity contribution in [2.75, 3.05) is 0 Å². The van der Waals surface area contributed by atoms with Gasteiger partial charge in [0.05, 0.1) is 16.6 Å². The normalized spacial score (nSPS) is 24.6. The predicted molar refractivity (Wildman–Crippen MR) is 54.4 cm³/mol. The molecule has 1 aromatic carbocycles. The van der Waals surface area contributed by atoms with Gasteiger partial charge in [-0.2, -0.15) is 0 Å². The van der Waals surface area contributed by atoms with Crippen LogP contribution in [0.5, 0.6) is 0 Å². The van der Waals surface area contributed by atoms with Gasteiger partial charge in [0.25, 0.3) is 5.91 Å². The van der Waals surface area contributed by atoms with E-state index in [0.717, 1.165) is 5.56 Å². The molecule has 1 fully saturated rings. The first-order valence-electron chi connectivity index (χ1n) is 4.86. The molecule has 1 N–H and O–H groups in total. The van der Waals surface area contributed by atoms with E-state index < -0.39 is 0 Å². The molecule has 1 atom stereocenters. The van der Waals surface area contributed by atoms with Crippen LogP contribution in [0.25, 0.3) is 0 Å². The number of benzene rings is 1. The molecule has 3 rings (SSSR count). The van der Waals surface area contributed by atoms with E-state index in [1.54, 1.807) is 6.07 Å². The molecule has 1 unspecified atom stereocenters. The van der Waals surface area contributed by atoms with Gasteiger partial charge in [-0.15, -0.1) is 0 Å². The molecule has 1 heterocycles. The molecular weight excluding hydrogens is 198 g/mol. The van der Waals surface area contributed by atoms with Crippen LogP contribution < -0.4 is 5.32 Å². The fourth-order valence-electron chi connectivity index (χ4n) is 2.13. The summed E-state index contributed by atoms with van der Waals surface area (Å²) in [4.78, 5) is 11.6. The lowest BCUT2D eigenvalue weighted by atomic mass is 10.0. The predicted octanol–water partition coefficient (Wildman–Crippen LogP) is 2.53. The number of halogens is 1. The van der Waals surface area contributed by atoms with E-state index in [-0.39, 0.29) is 11.9 Å². The molecule has 1 aromatic rings. The SMILES string of the molecule is O=C1NC(C2CC2)c2cccc(Cl)c21. The van der Waals surface area contributed by atoms with Crippen molar-refractivity contribution in [3.8, 4) is 0 Å². The summed E-state index contributed by atoms with van der Waals surface area (Å²) in [7, 11) is 0. The molecule has 0 spiro atoms. The van der Waals surface area contributed by atoms with Crippen molar-refractivity contribution in [1.29, 1.82) is 0 Å². The van der Waals surface area contributed by atoms with Gasteiger partial charge in [0.15, 0.2) is 0 Å². The van der Waals surface area contributed by atoms with Crippen LogP contribution in [0.1, 0.15) is 34.8 Å². The van der Waals surface area contributed by atoms with Crippen molar-refractivity contribution < 1.29 is 4.79 Å². The van der Waals surface area contributed by atoms with Gasteiger partial charge < -0.3 is 5.32 Å². The van der Waals surface area contributed by atoms with Gasteiger partial charge in [-0.05, 0) is 30.4 Å². The second-order valence-corrected chi connectivity index (χ2v) is 4.40. The van der Waals surface area contributed by atoms with E-state index >= 15 is 0 Å². The van der Waals surface area contributed by atoms with Gasteiger partial charge in [0.2, 0.25) is 0 Å². The van der Waals surface area contributed by atoms with Crippen molar-refractivity contribution in [2.45, 2.75) is 18.9 Å². The van der Waals surface area contributed by atoms with E-state index in [9.17, 15) is 4.79 Å². The molecule has 0 saturated heterocycles. The van der Waals surface area contributed by atoms with Crippen LogP contribution in [0.4, 0.5) is 0 Å². The molecule has 2 nitrogen and oxygen atoms in total. The zero-order valence-corrected chi connectivity index (χ0v) is 8.34. The van der Waals surface area contributed by atoms with Crippen LogP contribution in [0.15, 0.2) is 18.2 Å². The fourth-order valence-corrected chi connectivity index (χ4v) is 2.40. The van der Waals surface area contributed by atoms with Crippen molar-refractivity contribution >= 4 is 17.5 Å². The minimum Gasteiger partial charge on any atom is -0.345 e. The Balaban J connectivity index is 2.13. The average Bonchev–Trinajstić information content (AvgIpc) is 2.93. The van der Waals surface area contributed by atoms with Crippen molar-refractivity contribution in [1.82, 2.24) is 5.32 Å². The summed E-state index contributed by atoms with van der Waals surface area (Å²) < 4.78 is 0. The average molecular weight is 208 g/mol. The Morgan fingerprint density at radius 1 is 1.36 bits per heavy atom. The maximum absolute atomic E-state index is 11.6. The third kappa shape index (κ3) is 1.07. The maximum atomic E-state index is 11.6. The minimum atomic E-state index is -0.0116. The summed E-state index contributed by atoms with van der Waals surface area (Å²) in [6, 6.07) is 5.91. The lowest BCUT2D eigenvalue weighted by molar-refractivity contribution is 0.0953. The number of nitrogens with one attached hydrogen (secondary N) is 1. The second kappa shape index (κ2) is 2.74. The van der Waals surface area contributed by atoms with Crippen LogP contribution in [-0.2, 0) is 0 Å². The summed E-state index contributed by atoms with van der Waals surface area (Å²) in [6.07, 6.45) is 2.44. The molecule has 1 aliphatic heterocycles. The first-order chi connectivity index (χ1) is 6.77. The maximum Gasteiger partial charge on any atom is 0.253 e. The van der Waals surface area contributed by atoms with Crippen molar-refractivity contribution in [3.05, 3.63) is 34.3 Å². The van der Waals surface area contributed by atoms with Gasteiger partial charge >= 0.3 is 0 Å². The van der Waals surface area contributed by atoms with Crippen LogP contribution in [0.2, 0.25) is 5.02 Å². The number of amides is 1. The van der Waals surface area contributed by atoms with Crippen LogP contribution in [-0.4, -0.2) is 5.91 Å². The summed E-state index contributed by atoms with van der Waals surface area (Å²) in [5.41, 5.74) is 1.77. The fraction of sp³-hybridized carbons (Fsp3) is 0.364. The molecule has 2 aliphatic rings. The largest absolute Gasteiger partial charge is 0.345 e. The Labute approximate surface area is 87.3 Å². The summed E-state index contributed by atoms with van der Waals surface area (Å²) >= 11 is 5.99. The van der Waals surface area contributed by atoms with Crippen molar-refractivity contribution in [2.24, 2.45) is 5.92 Å². The highest BCUT2D eigenvalue weighted by Gasteiger charge is 2.40. The lowest BCUT2D eigenvalue weighted by Gasteiger charge is -2.08. The Morgan fingerprint density at radius 2 is 2.14 bits per heavy atom. The second-order valence-electron chi connectivity index (χ2n) is 3.99. The highest BCUT2D eigenvalue weighted by molar-refractivity contribution is 6.34. The van der Waals surface area contributed by atoms with E-state index in [1.165, 1.54) is 12.8 Å². The monoisotopic (exact) mass is 207 g/mol. The first-order valence-corrected chi connectivity index (χ1v) is 5.24. The van der Waals surface area contributed by atoms with Crippen LogP contribution in [0.3, 0.4) is 0 Å². The van der Waals surface area contributed by atoms with E-state index in [0.29, 0.717) is 16.5 Å². The summed E-state index contributed by atoms with van der Waals surface area (Å²) in [5.74, 6) is 0.626. The summed E-state index contributed by atoms with van der Waals surface area (Å²) in [5, 5.41) is 3.57. The summed E-state index contributed by atoms with van der Waals surface area (Å²) in [6.45, 7) is 0. The molecule has 0 aromatic heterocycles. The first kappa shape index (κ1) is 8.30. The Morgan fingerprint density at radius 3 is 2.86 bits per heavy atom. The third-order valence-electron chi connectivity index (χ3n) is 2.99. The van der Waals surface area contributed by atoms with E-state index in [1.807, 2.05) is 12.1 Å². The molecule has 1 aliphatic carbocycles. The van der Waals surface area contributed by atoms with Crippen LogP contribution >= 0.6 is 11.6 Å². The number of fused-ring (bicyclic) bond motifs is 1. The topological polar surface area (TPSA) is 29.1 Å². The quantitative estimate of drug-likeness (QED) is 0.754. The van der Waals surface area contributed by atoms with Gasteiger partial charge in [0, 0.05) is 0 Å². The number of carbonyl (C=O) groups excluding carboxylic acids is 1.